The van der Waals surface area contributed by atoms with Gasteiger partial charge in [-0.2, -0.15) is 0 Å². The normalized spacial score (nSPS) is 19.0. The van der Waals surface area contributed by atoms with E-state index in [1.54, 1.807) is 42.3 Å². The molecule has 0 bridgehead atoms. The van der Waals surface area contributed by atoms with Gasteiger partial charge in [0.2, 0.25) is 0 Å². The lowest BCUT2D eigenvalue weighted by atomic mass is 9.80. The number of anilines is 1. The lowest BCUT2D eigenvalue weighted by Gasteiger charge is -2.40. The number of imidazole rings is 1. The molecule has 2 aromatic heterocycles. The number of fused-ring (bicyclic) bond motifs is 1. The van der Waals surface area contributed by atoms with Gasteiger partial charge in [0.1, 0.15) is 36.0 Å². The van der Waals surface area contributed by atoms with Crippen molar-refractivity contribution in [3.63, 3.8) is 0 Å². The Balaban J connectivity index is 1.27. The van der Waals surface area contributed by atoms with Crippen molar-refractivity contribution < 1.29 is 28.5 Å². The average molecular weight is 758 g/mol. The number of nitrogens with one attached hydrogen (secondary N) is 1. The molecule has 284 valence electrons. The summed E-state index contributed by atoms with van der Waals surface area (Å²) in [4.78, 5) is 26.6. The summed E-state index contributed by atoms with van der Waals surface area (Å²) < 4.78 is 28.2. The van der Waals surface area contributed by atoms with Crippen molar-refractivity contribution in [2.45, 2.75) is 69.0 Å². The number of hydrogen-bond acceptors (Lipinski definition) is 9. The first kappa shape index (κ1) is 38.0. The largest absolute Gasteiger partial charge is 0.497 e. The Morgan fingerprint density at radius 2 is 1.42 bits per heavy atom. The van der Waals surface area contributed by atoms with E-state index in [1.165, 1.54) is 6.33 Å². The highest BCUT2D eigenvalue weighted by atomic mass is 28.4. The van der Waals surface area contributed by atoms with Crippen LogP contribution in [0.15, 0.2) is 128 Å². The fourth-order valence-electron chi connectivity index (χ4n) is 6.75. The van der Waals surface area contributed by atoms with Crippen LogP contribution in [0.3, 0.4) is 0 Å². The summed E-state index contributed by atoms with van der Waals surface area (Å²) >= 11 is 0. The van der Waals surface area contributed by atoms with Crippen LogP contribution in [-0.2, 0) is 19.5 Å². The zero-order chi connectivity index (χ0) is 38.8. The van der Waals surface area contributed by atoms with Gasteiger partial charge < -0.3 is 29.1 Å². The van der Waals surface area contributed by atoms with Crippen LogP contribution in [0.2, 0.25) is 18.1 Å². The zero-order valence-electron chi connectivity index (χ0n) is 31.9. The van der Waals surface area contributed by atoms with E-state index in [1.807, 2.05) is 91.0 Å². The van der Waals surface area contributed by atoms with E-state index in [9.17, 15) is 9.90 Å². The van der Waals surface area contributed by atoms with Crippen LogP contribution in [0.1, 0.15) is 54.0 Å². The second-order valence-electron chi connectivity index (χ2n) is 15.2. The van der Waals surface area contributed by atoms with Gasteiger partial charge in [0.15, 0.2) is 31.5 Å². The van der Waals surface area contributed by atoms with E-state index in [-0.39, 0.29) is 23.4 Å². The van der Waals surface area contributed by atoms with Crippen molar-refractivity contribution in [1.29, 1.82) is 0 Å². The molecule has 55 heavy (non-hydrogen) atoms. The van der Waals surface area contributed by atoms with Crippen molar-refractivity contribution in [2.24, 2.45) is 0 Å². The topological polar surface area (TPSA) is 130 Å². The Labute approximate surface area is 322 Å². The van der Waals surface area contributed by atoms with Crippen LogP contribution in [0.5, 0.6) is 5.75 Å². The van der Waals surface area contributed by atoms with Crippen LogP contribution >= 0.6 is 0 Å². The molecule has 11 nitrogen and oxygen atoms in total. The van der Waals surface area contributed by atoms with Gasteiger partial charge in [0.05, 0.1) is 20.0 Å². The first-order valence-electron chi connectivity index (χ1n) is 18.4. The highest BCUT2D eigenvalue weighted by Crippen LogP contribution is 2.45. The van der Waals surface area contributed by atoms with Gasteiger partial charge in [-0.3, -0.25) is 9.36 Å². The minimum Gasteiger partial charge on any atom is -0.497 e. The van der Waals surface area contributed by atoms with Crippen LogP contribution in [0.25, 0.3) is 11.2 Å². The predicted octanol–water partition coefficient (Wildman–Crippen LogP) is 7.74. The molecule has 0 aliphatic carbocycles. The number of benzene rings is 4. The second-order valence-corrected chi connectivity index (χ2v) is 20.0. The first-order valence-corrected chi connectivity index (χ1v) is 21.3. The molecule has 1 saturated heterocycles. The van der Waals surface area contributed by atoms with Gasteiger partial charge >= 0.3 is 0 Å². The highest BCUT2D eigenvalue weighted by Gasteiger charge is 2.52. The highest BCUT2D eigenvalue weighted by molar-refractivity contribution is 6.74. The second kappa shape index (κ2) is 15.5. The van der Waals surface area contributed by atoms with Gasteiger partial charge in [-0.15, -0.1) is 0 Å². The Morgan fingerprint density at radius 1 is 0.836 bits per heavy atom. The molecule has 4 aromatic carbocycles. The van der Waals surface area contributed by atoms with Crippen molar-refractivity contribution in [3.05, 3.63) is 150 Å². The van der Waals surface area contributed by atoms with Crippen molar-refractivity contribution in [2.75, 3.05) is 19.0 Å². The number of aliphatic hydroxyl groups excluding tert-OH is 1. The third-order valence-corrected chi connectivity index (χ3v) is 15.2. The van der Waals surface area contributed by atoms with Gasteiger partial charge in [-0.05, 0) is 59.1 Å². The first-order chi connectivity index (χ1) is 26.4. The number of ether oxygens (including phenoxy) is 3. The number of carbonyl (C=O) groups is 1. The molecule has 12 heteroatoms. The summed E-state index contributed by atoms with van der Waals surface area (Å²) in [6, 6.07) is 36.8. The van der Waals surface area contributed by atoms with E-state index < -0.39 is 38.5 Å². The van der Waals surface area contributed by atoms with Gasteiger partial charge in [-0.25, -0.2) is 15.0 Å². The number of carbonyl (C=O) groups excluding carboxylic acids is 1. The summed E-state index contributed by atoms with van der Waals surface area (Å²) in [6.07, 6.45) is -0.570. The number of methoxy groups -OCH3 is 1. The van der Waals surface area contributed by atoms with Gasteiger partial charge in [-0.1, -0.05) is 112 Å². The van der Waals surface area contributed by atoms with Gasteiger partial charge in [0, 0.05) is 5.56 Å². The zero-order valence-corrected chi connectivity index (χ0v) is 32.9. The summed E-state index contributed by atoms with van der Waals surface area (Å²) in [6.45, 7) is 10.8. The van der Waals surface area contributed by atoms with E-state index in [0.29, 0.717) is 16.7 Å². The molecular formula is C43H47N5O6Si. The Kier molecular flexibility index (Phi) is 10.7. The lowest BCUT2D eigenvalue weighted by molar-refractivity contribution is -0.0940. The lowest BCUT2D eigenvalue weighted by Crippen LogP contribution is -2.49. The quantitative estimate of drug-likeness (QED) is 0.0951. The molecule has 0 saturated carbocycles. The monoisotopic (exact) mass is 757 g/mol. The maximum atomic E-state index is 13.1. The van der Waals surface area contributed by atoms with E-state index in [0.717, 1.165) is 22.4 Å². The standard InChI is InChI=1S/C43H47N5O6Si/c1-42(2,3)55(5,6)54-37-36(49)34(53-41(37)48-28-46-35-38(44-27-45-39(35)48)47-40(50)29-16-10-7-11-17-29)26-52-43(30-18-12-8-13-19-30,31-20-14-9-15-21-31)32-22-24-33(51-4)25-23-32/h7-25,27-28,34,36-37,41,49H,26H2,1-6H3,(H,44,45,47,50)/t34-,36-,37-,41-/m0/s1. The fourth-order valence-corrected chi connectivity index (χ4v) is 8.04. The Bertz CT molecular complexity index is 2170. The maximum absolute atomic E-state index is 13.1. The molecule has 2 N–H and O–H groups in total. The smallest absolute Gasteiger partial charge is 0.256 e. The number of aliphatic hydroxyl groups is 1. The van der Waals surface area contributed by atoms with Crippen LogP contribution in [-0.4, -0.2) is 70.9 Å². The maximum Gasteiger partial charge on any atom is 0.256 e. The molecule has 1 aliphatic heterocycles. The molecule has 0 radical (unpaired) electrons. The summed E-state index contributed by atoms with van der Waals surface area (Å²) in [5.74, 6) is 0.657. The molecule has 1 aliphatic rings. The van der Waals surface area contributed by atoms with Crippen LogP contribution in [0.4, 0.5) is 5.82 Å². The number of nitrogens with zero attached hydrogens (tertiary/aromatic N) is 4. The molecule has 1 fully saturated rings. The third kappa shape index (κ3) is 7.43. The molecule has 0 spiro atoms. The predicted molar refractivity (Wildman–Crippen MR) is 213 cm³/mol. The van der Waals surface area contributed by atoms with E-state index in [2.05, 4.69) is 54.1 Å². The van der Waals surface area contributed by atoms with Crippen LogP contribution in [0, 0.1) is 0 Å². The molecule has 4 atom stereocenters. The van der Waals surface area contributed by atoms with E-state index >= 15 is 0 Å². The van der Waals surface area contributed by atoms with Crippen molar-refractivity contribution in [1.82, 2.24) is 19.5 Å². The summed E-state index contributed by atoms with van der Waals surface area (Å²) in [5.41, 5.74) is 2.90. The number of amides is 1. The molecule has 0 unspecified atom stereocenters. The minimum absolute atomic E-state index is 0.00480. The van der Waals surface area contributed by atoms with Gasteiger partial charge in [0.25, 0.3) is 5.91 Å². The summed E-state index contributed by atoms with van der Waals surface area (Å²) in [5, 5.41) is 15.0. The molecular weight excluding hydrogens is 711 g/mol. The van der Waals surface area contributed by atoms with E-state index in [4.69, 9.17) is 18.6 Å². The average Bonchev–Trinajstić information content (AvgIpc) is 3.76. The number of hydrogen-bond donors (Lipinski definition) is 2. The van der Waals surface area contributed by atoms with Crippen LogP contribution < -0.4 is 10.1 Å². The molecule has 7 rings (SSSR count). The molecule has 3 heterocycles. The molecule has 1 amide bonds. The third-order valence-electron chi connectivity index (χ3n) is 10.8. The SMILES string of the molecule is COc1ccc(C(OC[C@@H]2O[C@H](n3cnc4c(NC(=O)c5ccccc5)ncnc43)[C@@H](O[Si](C)(C)C(C)(C)C)[C@H]2O)(c2ccccc2)c2ccccc2)cc1. The molecule has 6 aromatic rings. The van der Waals surface area contributed by atoms with Crippen molar-refractivity contribution in [3.8, 4) is 5.75 Å². The number of rotatable bonds is 12. The summed E-state index contributed by atoms with van der Waals surface area (Å²) in [7, 11) is -0.835. The minimum atomic E-state index is -2.48. The fraction of sp³-hybridized carbons (Fsp3) is 0.302. The number of aromatic nitrogens is 4. The van der Waals surface area contributed by atoms with Crippen molar-refractivity contribution >= 4 is 31.2 Å². The Morgan fingerprint density at radius 3 is 2.00 bits per heavy atom. The Hall–Kier alpha value is -5.24.